The van der Waals surface area contributed by atoms with E-state index in [1.54, 1.807) is 24.1 Å². The minimum Gasteiger partial charge on any atom is -0.378 e. The molecule has 0 aliphatic carbocycles. The van der Waals surface area contributed by atoms with E-state index in [1.165, 1.54) is 12.5 Å². The number of aryl methyl sites for hydroxylation is 1. The van der Waals surface area contributed by atoms with Gasteiger partial charge in [0.15, 0.2) is 9.84 Å². The minimum atomic E-state index is -3.30. The zero-order valence-corrected chi connectivity index (χ0v) is 15.4. The first-order valence-electron chi connectivity index (χ1n) is 8.22. The van der Waals surface area contributed by atoms with Crippen molar-refractivity contribution in [2.75, 3.05) is 31.8 Å². The lowest BCUT2D eigenvalue weighted by molar-refractivity contribution is 0.00848. The number of benzene rings is 1. The van der Waals surface area contributed by atoms with E-state index in [9.17, 15) is 13.2 Å². The van der Waals surface area contributed by atoms with Crippen molar-refractivity contribution in [3.8, 4) is 0 Å². The van der Waals surface area contributed by atoms with Gasteiger partial charge in [0.1, 0.15) is 0 Å². The average molecular weight is 354 g/mol. The molecule has 134 valence electrons. The van der Waals surface area contributed by atoms with Crippen LogP contribution in [0.5, 0.6) is 0 Å². The first-order chi connectivity index (χ1) is 11.3. The van der Waals surface area contributed by atoms with Gasteiger partial charge in [-0.1, -0.05) is 6.07 Å². The summed E-state index contributed by atoms with van der Waals surface area (Å²) < 4.78 is 29.0. The van der Waals surface area contributed by atoms with Crippen LogP contribution in [0.25, 0.3) is 0 Å². The average Bonchev–Trinajstić information content (AvgIpc) is 2.54. The number of rotatable bonds is 5. The van der Waals surface area contributed by atoms with Crippen molar-refractivity contribution in [3.05, 3.63) is 23.8 Å². The summed E-state index contributed by atoms with van der Waals surface area (Å²) in [6.07, 6.45) is 5.53. The number of urea groups is 1. The van der Waals surface area contributed by atoms with Crippen LogP contribution in [0.4, 0.5) is 10.5 Å². The van der Waals surface area contributed by atoms with Crippen molar-refractivity contribution in [1.29, 1.82) is 0 Å². The maximum absolute atomic E-state index is 12.3. The van der Waals surface area contributed by atoms with Crippen LogP contribution in [0.3, 0.4) is 0 Å². The summed E-state index contributed by atoms with van der Waals surface area (Å²) in [4.78, 5) is 14.1. The van der Waals surface area contributed by atoms with Gasteiger partial charge in [-0.15, -0.1) is 0 Å². The van der Waals surface area contributed by atoms with Crippen molar-refractivity contribution in [2.45, 2.75) is 43.6 Å². The molecule has 1 N–H and O–H groups in total. The predicted molar refractivity (Wildman–Crippen MR) is 94.1 cm³/mol. The van der Waals surface area contributed by atoms with Crippen LogP contribution in [0, 0.1) is 6.92 Å². The highest BCUT2D eigenvalue weighted by atomic mass is 32.2. The number of sulfone groups is 1. The molecule has 7 heteroatoms. The van der Waals surface area contributed by atoms with E-state index in [-0.39, 0.29) is 17.0 Å². The van der Waals surface area contributed by atoms with Gasteiger partial charge in [-0.3, -0.25) is 0 Å². The highest BCUT2D eigenvalue weighted by Gasteiger charge is 2.17. The number of anilines is 1. The van der Waals surface area contributed by atoms with Gasteiger partial charge in [-0.25, -0.2) is 13.2 Å². The third kappa shape index (κ3) is 5.21. The van der Waals surface area contributed by atoms with E-state index in [2.05, 4.69) is 5.32 Å². The molecule has 2 rings (SSSR count). The molecule has 1 heterocycles. The Morgan fingerprint density at radius 2 is 2.12 bits per heavy atom. The van der Waals surface area contributed by atoms with E-state index in [1.807, 2.05) is 6.92 Å². The first kappa shape index (κ1) is 18.7. The van der Waals surface area contributed by atoms with Crippen LogP contribution < -0.4 is 5.32 Å². The van der Waals surface area contributed by atoms with Gasteiger partial charge < -0.3 is 15.0 Å². The topological polar surface area (TPSA) is 75.7 Å². The summed E-state index contributed by atoms with van der Waals surface area (Å²) in [5, 5.41) is 2.79. The molecule has 0 bridgehead atoms. The van der Waals surface area contributed by atoms with Gasteiger partial charge in [-0.05, 0) is 50.3 Å². The Hall–Kier alpha value is -1.60. The van der Waals surface area contributed by atoms with Crippen LogP contribution in [-0.2, 0) is 14.6 Å². The fraction of sp³-hybridized carbons (Fsp3) is 0.588. The lowest BCUT2D eigenvalue weighted by Gasteiger charge is -2.25. The third-order valence-corrected chi connectivity index (χ3v) is 5.40. The number of hydrogen-bond acceptors (Lipinski definition) is 4. The number of nitrogens with one attached hydrogen (secondary N) is 1. The van der Waals surface area contributed by atoms with E-state index >= 15 is 0 Å². The molecule has 0 radical (unpaired) electrons. The maximum atomic E-state index is 12.3. The molecule has 24 heavy (non-hydrogen) atoms. The summed E-state index contributed by atoms with van der Waals surface area (Å²) in [7, 11) is -1.57. The molecule has 1 fully saturated rings. The summed E-state index contributed by atoms with van der Waals surface area (Å²) in [5.41, 5.74) is 1.34. The molecule has 0 saturated carbocycles. The molecule has 0 spiro atoms. The summed E-state index contributed by atoms with van der Waals surface area (Å²) >= 11 is 0. The van der Waals surface area contributed by atoms with Crippen molar-refractivity contribution < 1.29 is 17.9 Å². The zero-order valence-electron chi connectivity index (χ0n) is 14.5. The molecule has 1 aromatic carbocycles. The van der Waals surface area contributed by atoms with Gasteiger partial charge in [-0.2, -0.15) is 0 Å². The Bertz CT molecular complexity index is 682. The van der Waals surface area contributed by atoms with E-state index in [4.69, 9.17) is 4.74 Å². The second kappa shape index (κ2) is 7.98. The lowest BCUT2D eigenvalue weighted by atomic mass is 10.1. The quantitative estimate of drug-likeness (QED) is 0.882. The third-order valence-electron chi connectivity index (χ3n) is 4.29. The van der Waals surface area contributed by atoms with Gasteiger partial charge in [0.05, 0.1) is 11.0 Å². The molecule has 1 atom stereocenters. The molecule has 1 aliphatic rings. The largest absolute Gasteiger partial charge is 0.378 e. The number of nitrogens with zero attached hydrogens (tertiary/aromatic N) is 1. The molecule has 0 unspecified atom stereocenters. The molecular formula is C17H26N2O4S. The Labute approximate surface area is 144 Å². The Morgan fingerprint density at radius 3 is 2.75 bits per heavy atom. The summed E-state index contributed by atoms with van der Waals surface area (Å²) in [5.74, 6) is 0. The number of carbonyl (C=O) groups is 1. The summed E-state index contributed by atoms with van der Waals surface area (Å²) in [6, 6.07) is 4.49. The van der Waals surface area contributed by atoms with Crippen LogP contribution in [0.1, 0.15) is 31.2 Å². The van der Waals surface area contributed by atoms with Crippen LogP contribution in [-0.4, -0.2) is 51.9 Å². The fourth-order valence-electron chi connectivity index (χ4n) is 2.65. The van der Waals surface area contributed by atoms with Crippen LogP contribution in [0.2, 0.25) is 0 Å². The highest BCUT2D eigenvalue weighted by Crippen LogP contribution is 2.21. The Balaban J connectivity index is 1.95. The monoisotopic (exact) mass is 354 g/mol. The van der Waals surface area contributed by atoms with Gasteiger partial charge >= 0.3 is 6.03 Å². The highest BCUT2D eigenvalue weighted by molar-refractivity contribution is 7.90. The Kier molecular flexibility index (Phi) is 6.23. The fourth-order valence-corrected chi connectivity index (χ4v) is 3.30. The van der Waals surface area contributed by atoms with E-state index in [0.717, 1.165) is 37.7 Å². The van der Waals surface area contributed by atoms with Crippen molar-refractivity contribution >= 4 is 21.6 Å². The standard InChI is InChI=1S/C17H26N2O4S/c1-13-7-8-15(24(3,21)22)12-16(13)18-17(20)19(2)10-9-14-6-4-5-11-23-14/h7-8,12,14H,4-6,9-11H2,1-3H3,(H,18,20)/t14-/m1/s1. The molecule has 1 aliphatic heterocycles. The molecular weight excluding hydrogens is 328 g/mol. The molecule has 1 aromatic rings. The second-order valence-electron chi connectivity index (χ2n) is 6.38. The second-order valence-corrected chi connectivity index (χ2v) is 8.39. The molecule has 0 aromatic heterocycles. The number of ether oxygens (including phenoxy) is 1. The zero-order chi connectivity index (χ0) is 17.7. The molecule has 2 amide bonds. The predicted octanol–water partition coefficient (Wildman–Crippen LogP) is 2.82. The van der Waals surface area contributed by atoms with E-state index in [0.29, 0.717) is 12.2 Å². The summed E-state index contributed by atoms with van der Waals surface area (Å²) in [6.45, 7) is 3.23. The molecule has 6 nitrogen and oxygen atoms in total. The normalized spacial score (nSPS) is 18.2. The smallest absolute Gasteiger partial charge is 0.321 e. The van der Waals surface area contributed by atoms with Gasteiger partial charge in [0, 0.05) is 32.1 Å². The number of amides is 2. The van der Waals surface area contributed by atoms with E-state index < -0.39 is 9.84 Å². The minimum absolute atomic E-state index is 0.196. The lowest BCUT2D eigenvalue weighted by Crippen LogP contribution is -2.34. The van der Waals surface area contributed by atoms with Crippen molar-refractivity contribution in [1.82, 2.24) is 4.90 Å². The first-order valence-corrected chi connectivity index (χ1v) is 10.1. The Morgan fingerprint density at radius 1 is 1.38 bits per heavy atom. The maximum Gasteiger partial charge on any atom is 0.321 e. The van der Waals surface area contributed by atoms with Gasteiger partial charge in [0.25, 0.3) is 0 Å². The number of hydrogen-bond donors (Lipinski definition) is 1. The number of carbonyl (C=O) groups excluding carboxylic acids is 1. The molecule has 1 saturated heterocycles. The van der Waals surface area contributed by atoms with Crippen LogP contribution >= 0.6 is 0 Å². The SMILES string of the molecule is Cc1ccc(S(C)(=O)=O)cc1NC(=O)N(C)CC[C@H]1CCCCO1. The van der Waals surface area contributed by atoms with Gasteiger partial charge in [0.2, 0.25) is 0 Å². The van der Waals surface area contributed by atoms with Crippen LogP contribution in [0.15, 0.2) is 23.1 Å². The van der Waals surface area contributed by atoms with Crippen molar-refractivity contribution in [3.63, 3.8) is 0 Å². The van der Waals surface area contributed by atoms with Crippen molar-refractivity contribution in [2.24, 2.45) is 0 Å².